The molecule has 11 nitrogen and oxygen atoms in total. The zero-order valence-electron chi connectivity index (χ0n) is 24.6. The molecule has 1 amide bonds. The molecule has 1 N–H and O–H groups in total. The third kappa shape index (κ3) is 5.56. The van der Waals surface area contributed by atoms with Crippen LogP contribution >= 0.6 is 0 Å². The second-order valence-electron chi connectivity index (χ2n) is 11.0. The molecule has 2 aromatic carbocycles. The number of carbonyl (C=O) groups excluding carboxylic acids is 1. The summed E-state index contributed by atoms with van der Waals surface area (Å²) in [6.07, 6.45) is 3.06. The van der Waals surface area contributed by atoms with Gasteiger partial charge < -0.3 is 29.5 Å². The predicted molar refractivity (Wildman–Crippen MR) is 168 cm³/mol. The number of para-hydroxylation sites is 1. The summed E-state index contributed by atoms with van der Waals surface area (Å²) in [5.74, 6) is 0.995. The molecule has 2 aromatic heterocycles. The zero-order chi connectivity index (χ0) is 30.1. The smallest absolute Gasteiger partial charge is 0.276 e. The third-order valence-corrected chi connectivity index (χ3v) is 7.71. The first kappa shape index (κ1) is 28.4. The average Bonchev–Trinajstić information content (AvgIpc) is 2.97. The molecule has 1 saturated heterocycles. The fourth-order valence-electron chi connectivity index (χ4n) is 5.41. The summed E-state index contributed by atoms with van der Waals surface area (Å²) in [4.78, 5) is 42.0. The summed E-state index contributed by atoms with van der Waals surface area (Å²) in [5, 5.41) is 3.98. The number of hydrogen-bond donors (Lipinski definition) is 1. The number of aromatic nitrogens is 3. The van der Waals surface area contributed by atoms with Crippen LogP contribution in [0.3, 0.4) is 0 Å². The molecule has 0 radical (unpaired) electrons. The molecule has 43 heavy (non-hydrogen) atoms. The molecule has 6 rings (SSSR count). The van der Waals surface area contributed by atoms with Crippen LogP contribution in [0.5, 0.6) is 5.75 Å². The van der Waals surface area contributed by atoms with Gasteiger partial charge in [-0.25, -0.2) is 4.98 Å². The van der Waals surface area contributed by atoms with Gasteiger partial charge in [-0.05, 0) is 69.1 Å². The third-order valence-electron chi connectivity index (χ3n) is 7.71. The minimum Gasteiger partial charge on any atom is -0.492 e. The van der Waals surface area contributed by atoms with Crippen LogP contribution in [-0.4, -0.2) is 78.9 Å². The summed E-state index contributed by atoms with van der Waals surface area (Å²) in [6, 6.07) is 15.1. The minimum atomic E-state index is -0.169. The van der Waals surface area contributed by atoms with Crippen molar-refractivity contribution in [3.63, 3.8) is 0 Å². The first-order valence-corrected chi connectivity index (χ1v) is 14.3. The van der Waals surface area contributed by atoms with E-state index < -0.39 is 0 Å². The molecule has 0 bridgehead atoms. The Hall–Kier alpha value is -4.74. The number of benzene rings is 2. The second kappa shape index (κ2) is 11.9. The monoisotopic (exact) mass is 581 g/mol. The van der Waals surface area contributed by atoms with Crippen molar-refractivity contribution in [1.82, 2.24) is 19.4 Å². The Kier molecular flexibility index (Phi) is 7.83. The van der Waals surface area contributed by atoms with Gasteiger partial charge >= 0.3 is 0 Å². The van der Waals surface area contributed by atoms with Gasteiger partial charge in [0.05, 0.1) is 30.6 Å². The summed E-state index contributed by atoms with van der Waals surface area (Å²) in [5.41, 5.74) is 4.19. The van der Waals surface area contributed by atoms with Crippen LogP contribution in [0, 0.1) is 6.92 Å². The highest BCUT2D eigenvalue weighted by atomic mass is 16.5. The van der Waals surface area contributed by atoms with E-state index in [1.165, 1.54) is 6.08 Å². The number of rotatable bonds is 9. The molecule has 0 unspecified atom stereocenters. The van der Waals surface area contributed by atoms with Crippen LogP contribution in [0.4, 0.5) is 28.7 Å². The molecule has 1 fully saturated rings. The van der Waals surface area contributed by atoms with Crippen LogP contribution in [0.25, 0.3) is 11.0 Å². The highest BCUT2D eigenvalue weighted by molar-refractivity contribution is 6.05. The van der Waals surface area contributed by atoms with Crippen LogP contribution in [0.15, 0.2) is 72.2 Å². The lowest BCUT2D eigenvalue weighted by Crippen LogP contribution is -2.45. The van der Waals surface area contributed by atoms with Crippen molar-refractivity contribution < 1.29 is 14.3 Å². The Morgan fingerprint density at radius 3 is 2.65 bits per heavy atom. The van der Waals surface area contributed by atoms with Gasteiger partial charge in [-0.2, -0.15) is 4.98 Å². The number of pyridine rings is 1. The number of anilines is 5. The van der Waals surface area contributed by atoms with Crippen LogP contribution < -0.4 is 25.4 Å². The predicted octanol–water partition coefficient (Wildman–Crippen LogP) is 4.03. The number of nitrogens with zero attached hydrogens (tertiary/aromatic N) is 6. The molecule has 4 aromatic rings. The van der Waals surface area contributed by atoms with Crippen molar-refractivity contribution in [2.24, 2.45) is 0 Å². The molecule has 0 aliphatic carbocycles. The maximum atomic E-state index is 14.2. The molecule has 2 aliphatic heterocycles. The van der Waals surface area contributed by atoms with E-state index >= 15 is 0 Å². The van der Waals surface area contributed by atoms with E-state index in [1.54, 1.807) is 15.7 Å². The molecule has 4 heterocycles. The fourth-order valence-corrected chi connectivity index (χ4v) is 5.41. The molecule has 222 valence electrons. The topological polar surface area (TPSA) is 105 Å². The normalized spacial score (nSPS) is 14.9. The van der Waals surface area contributed by atoms with Gasteiger partial charge in [0.15, 0.2) is 0 Å². The summed E-state index contributed by atoms with van der Waals surface area (Å²) in [6.45, 7) is 8.79. The molecule has 11 heteroatoms. The van der Waals surface area contributed by atoms with Gasteiger partial charge in [0.25, 0.3) is 11.5 Å². The van der Waals surface area contributed by atoms with Crippen molar-refractivity contribution in [3.8, 4) is 5.75 Å². The van der Waals surface area contributed by atoms with E-state index in [0.717, 1.165) is 40.3 Å². The lowest BCUT2D eigenvalue weighted by molar-refractivity contribution is -0.114. The number of likely N-dealkylation sites (N-methyl/N-ethyl adjacent to an activating group) is 1. The van der Waals surface area contributed by atoms with Gasteiger partial charge in [-0.1, -0.05) is 18.7 Å². The lowest BCUT2D eigenvalue weighted by atomic mass is 10.1. The summed E-state index contributed by atoms with van der Waals surface area (Å²) >= 11 is 0. The van der Waals surface area contributed by atoms with Gasteiger partial charge in [0.2, 0.25) is 5.95 Å². The summed E-state index contributed by atoms with van der Waals surface area (Å²) in [7, 11) is 4.01. The molecule has 2 aliphatic rings. The largest absolute Gasteiger partial charge is 0.492 e. The molecular weight excluding hydrogens is 546 g/mol. The number of aryl methyl sites for hydroxylation is 1. The standard InChI is InChI=1S/C32H35N7O4/c1-5-28(40)38-14-13-37(26-8-6-7-21(2)29(26)38)27-17-22-18-33-32(35-30(22)39(31(27)41)24-19-42-20-24)34-23-9-11-25(12-10-23)43-16-15-36(3)4/h5-12,17-18,24H,1,13-16,19-20H2,2-4H3,(H,33,34,35). The van der Waals surface area contributed by atoms with Crippen LogP contribution in [-0.2, 0) is 9.53 Å². The molecule has 0 spiro atoms. The first-order chi connectivity index (χ1) is 20.8. The van der Waals surface area contributed by atoms with Crippen molar-refractivity contribution in [1.29, 1.82) is 0 Å². The van der Waals surface area contributed by atoms with E-state index in [4.69, 9.17) is 14.5 Å². The van der Waals surface area contributed by atoms with E-state index in [0.29, 0.717) is 50.2 Å². The van der Waals surface area contributed by atoms with Crippen molar-refractivity contribution in [3.05, 3.63) is 83.3 Å². The second-order valence-corrected chi connectivity index (χ2v) is 11.0. The number of fused-ring (bicyclic) bond motifs is 2. The van der Waals surface area contributed by atoms with Gasteiger partial charge in [0, 0.05) is 36.9 Å². The van der Waals surface area contributed by atoms with Crippen molar-refractivity contribution >= 4 is 45.6 Å². The van der Waals surface area contributed by atoms with Crippen LogP contribution in [0.1, 0.15) is 11.6 Å². The minimum absolute atomic E-state index is 0.142. The van der Waals surface area contributed by atoms with Gasteiger partial charge in [0.1, 0.15) is 23.7 Å². The highest BCUT2D eigenvalue weighted by Gasteiger charge is 2.32. The number of nitrogens with one attached hydrogen (secondary N) is 1. The number of carbonyl (C=O) groups is 1. The maximum absolute atomic E-state index is 14.2. The Bertz CT molecular complexity index is 1730. The molecule has 0 atom stereocenters. The Morgan fingerprint density at radius 2 is 1.95 bits per heavy atom. The van der Waals surface area contributed by atoms with Gasteiger partial charge in [-0.15, -0.1) is 0 Å². The maximum Gasteiger partial charge on any atom is 0.276 e. The molecular formula is C32H35N7O4. The quantitative estimate of drug-likeness (QED) is 0.294. The average molecular weight is 582 g/mol. The van der Waals surface area contributed by atoms with Crippen LogP contribution in [0.2, 0.25) is 0 Å². The van der Waals surface area contributed by atoms with E-state index in [2.05, 4.69) is 21.8 Å². The van der Waals surface area contributed by atoms with E-state index in [1.807, 2.05) is 74.4 Å². The summed E-state index contributed by atoms with van der Waals surface area (Å²) < 4.78 is 13.0. The zero-order valence-corrected chi connectivity index (χ0v) is 24.6. The number of hydrogen-bond acceptors (Lipinski definition) is 9. The Morgan fingerprint density at radius 1 is 1.16 bits per heavy atom. The number of ether oxygens (including phenoxy) is 2. The Labute approximate surface area is 250 Å². The van der Waals surface area contributed by atoms with Gasteiger partial charge in [-0.3, -0.25) is 14.2 Å². The molecule has 0 saturated carbocycles. The van der Waals surface area contributed by atoms with E-state index in [9.17, 15) is 9.59 Å². The number of amides is 1. The van der Waals surface area contributed by atoms with Crippen molar-refractivity contribution in [2.45, 2.75) is 13.0 Å². The SMILES string of the molecule is C=CC(=O)N1CCN(c2cc3cnc(Nc4ccc(OCCN(C)C)cc4)nc3n(C3COC3)c2=O)c2cccc(C)c21. The fraction of sp³-hybridized carbons (Fsp3) is 0.312. The lowest BCUT2D eigenvalue weighted by Gasteiger charge is -2.38. The highest BCUT2D eigenvalue weighted by Crippen LogP contribution is 2.40. The van der Waals surface area contributed by atoms with Crippen molar-refractivity contribution in [2.75, 3.05) is 68.7 Å². The first-order valence-electron chi connectivity index (χ1n) is 14.3. The Balaban J connectivity index is 1.35. The van der Waals surface area contributed by atoms with E-state index in [-0.39, 0.29) is 17.5 Å².